The number of imidazole rings is 2. The number of amides is 2. The van der Waals surface area contributed by atoms with Crippen molar-refractivity contribution < 1.29 is 4.79 Å². The molecule has 0 saturated heterocycles. The second-order valence-corrected chi connectivity index (χ2v) is 9.15. The van der Waals surface area contributed by atoms with E-state index in [4.69, 9.17) is 11.5 Å². The number of H-pyrrole nitrogens is 2. The zero-order chi connectivity index (χ0) is 22.1. The molecule has 0 bridgehead atoms. The lowest BCUT2D eigenvalue weighted by Crippen LogP contribution is -2.32. The number of carbonyl (C=O) groups is 1. The van der Waals surface area contributed by atoms with Gasteiger partial charge in [-0.05, 0) is 24.3 Å². The highest BCUT2D eigenvalue weighted by Gasteiger charge is 2.23. The Morgan fingerprint density at radius 1 is 0.781 bits per heavy atom. The van der Waals surface area contributed by atoms with Crippen LogP contribution < -0.4 is 11.5 Å². The number of aromatic amines is 2. The number of rotatable bonds is 6. The number of thioether (sulfide) groups is 2. The van der Waals surface area contributed by atoms with Crippen molar-refractivity contribution >= 4 is 63.3 Å². The minimum absolute atomic E-state index is 0.0618. The topological polar surface area (TPSA) is 151 Å². The molecule has 1 aliphatic rings. The monoisotopic (exact) mass is 462 g/mol. The van der Waals surface area contributed by atoms with Gasteiger partial charge in [-0.2, -0.15) is 9.98 Å². The molecule has 0 saturated carbocycles. The number of para-hydroxylation sites is 4. The van der Waals surface area contributed by atoms with Gasteiger partial charge in [0.1, 0.15) is 23.3 Å². The average molecular weight is 463 g/mol. The van der Waals surface area contributed by atoms with E-state index in [2.05, 4.69) is 29.9 Å². The molecule has 3 heterocycles. The number of carbonyl (C=O) groups excluding carboxylic acids is 1. The number of nitrogens with zero attached hydrogens (tertiary/aromatic N) is 4. The molecule has 2 aromatic carbocycles. The number of urea groups is 1. The van der Waals surface area contributed by atoms with Gasteiger partial charge in [0.2, 0.25) is 0 Å². The van der Waals surface area contributed by atoms with Crippen LogP contribution in [0.4, 0.5) is 4.79 Å². The predicted molar refractivity (Wildman–Crippen MR) is 130 cm³/mol. The molecule has 1 aliphatic heterocycles. The number of aromatic nitrogens is 4. The van der Waals surface area contributed by atoms with Crippen molar-refractivity contribution in [3.8, 4) is 0 Å². The van der Waals surface area contributed by atoms with E-state index < -0.39 is 6.03 Å². The Morgan fingerprint density at radius 2 is 1.25 bits per heavy atom. The summed E-state index contributed by atoms with van der Waals surface area (Å²) in [7, 11) is 0. The largest absolute Gasteiger partial charge is 0.383 e. The van der Waals surface area contributed by atoms with Crippen LogP contribution in [0.1, 0.15) is 11.6 Å². The predicted octanol–water partition coefficient (Wildman–Crippen LogP) is 3.67. The smallest absolute Gasteiger partial charge is 0.370 e. The second kappa shape index (κ2) is 8.52. The van der Waals surface area contributed by atoms with Gasteiger partial charge in [-0.1, -0.05) is 24.3 Å². The van der Waals surface area contributed by atoms with E-state index in [9.17, 15) is 4.79 Å². The molecule has 0 atom stereocenters. The lowest BCUT2D eigenvalue weighted by Gasteiger charge is -2.15. The first-order chi connectivity index (χ1) is 15.6. The summed E-state index contributed by atoms with van der Waals surface area (Å²) in [5, 5.41) is 0. The fourth-order valence-corrected chi connectivity index (χ4v) is 5.49. The van der Waals surface area contributed by atoms with Gasteiger partial charge in [0.15, 0.2) is 0 Å². The number of hydrogen-bond acceptors (Lipinski definition) is 7. The van der Waals surface area contributed by atoms with Gasteiger partial charge in [-0.3, -0.25) is 0 Å². The van der Waals surface area contributed by atoms with E-state index in [1.165, 1.54) is 23.5 Å². The zero-order valence-corrected chi connectivity index (χ0v) is 18.3. The molecule has 6 N–H and O–H groups in total. The summed E-state index contributed by atoms with van der Waals surface area (Å²) in [4.78, 5) is 35.0. The van der Waals surface area contributed by atoms with E-state index in [-0.39, 0.29) is 11.7 Å². The van der Waals surface area contributed by atoms with E-state index in [1.807, 2.05) is 48.5 Å². The van der Waals surface area contributed by atoms with E-state index in [0.717, 1.165) is 38.0 Å². The molecule has 0 unspecified atom stereocenters. The third kappa shape index (κ3) is 4.12. The molecule has 0 radical (unpaired) electrons. The summed E-state index contributed by atoms with van der Waals surface area (Å²) >= 11 is 3.01. The van der Waals surface area contributed by atoms with E-state index in [0.29, 0.717) is 17.1 Å². The third-order valence-electron chi connectivity index (χ3n) is 4.71. The molecule has 2 aromatic heterocycles. The molecule has 11 heteroatoms. The molecular formula is C21H18N8OS2. The first-order valence-corrected chi connectivity index (χ1v) is 11.6. The zero-order valence-electron chi connectivity index (χ0n) is 16.7. The molecule has 0 aliphatic carbocycles. The molecule has 0 spiro atoms. The van der Waals surface area contributed by atoms with Gasteiger partial charge < -0.3 is 21.4 Å². The Bertz CT molecular complexity index is 1260. The fraction of sp³-hybridized carbons (Fsp3) is 0.0952. The summed E-state index contributed by atoms with van der Waals surface area (Å²) in [5.41, 5.74) is 16.3. The molecule has 0 fully saturated rings. The van der Waals surface area contributed by atoms with Gasteiger partial charge in [-0.15, -0.1) is 23.5 Å². The average Bonchev–Trinajstić information content (AvgIpc) is 3.37. The van der Waals surface area contributed by atoms with Crippen LogP contribution in [0.15, 0.2) is 68.3 Å². The number of nitrogens with one attached hydrogen (secondary N) is 2. The quantitative estimate of drug-likeness (QED) is 0.341. The highest BCUT2D eigenvalue weighted by atomic mass is 32.2. The van der Waals surface area contributed by atoms with Crippen LogP contribution in [0.2, 0.25) is 0 Å². The van der Waals surface area contributed by atoms with Gasteiger partial charge in [0.05, 0.1) is 43.4 Å². The fourth-order valence-electron chi connectivity index (χ4n) is 3.29. The van der Waals surface area contributed by atoms with Crippen LogP contribution in [-0.2, 0) is 11.5 Å². The van der Waals surface area contributed by atoms with Crippen molar-refractivity contribution in [2.24, 2.45) is 21.5 Å². The molecule has 9 nitrogen and oxygen atoms in total. The summed E-state index contributed by atoms with van der Waals surface area (Å²) < 4.78 is 0.793. The summed E-state index contributed by atoms with van der Waals surface area (Å²) in [6.07, 6.45) is 0. The standard InChI is InChI=1S/C21H18N8OS2/c22-18-17(19(23)29-21(30)28-18)20(31-9-15-24-11-5-1-2-6-12(11)25-15)32-10-16-26-13-7-3-4-8-14(13)27-16/h1-8H,9-10H2,(H,24,25)(H,26,27)(H4,22,23,28,29,30). The number of benzene rings is 2. The molecule has 4 aromatic rings. The van der Waals surface area contributed by atoms with Gasteiger partial charge >= 0.3 is 6.03 Å². The van der Waals surface area contributed by atoms with E-state index in [1.54, 1.807) is 0 Å². The molecule has 160 valence electrons. The van der Waals surface area contributed by atoms with Crippen molar-refractivity contribution in [3.63, 3.8) is 0 Å². The van der Waals surface area contributed by atoms with Crippen molar-refractivity contribution in [3.05, 3.63) is 70.0 Å². The highest BCUT2D eigenvalue weighted by Crippen LogP contribution is 2.36. The lowest BCUT2D eigenvalue weighted by molar-refractivity contribution is 0.257. The number of aliphatic imine (C=N–C) groups is 2. The van der Waals surface area contributed by atoms with Crippen LogP contribution in [0, 0.1) is 0 Å². The van der Waals surface area contributed by atoms with Crippen LogP contribution in [0.25, 0.3) is 22.1 Å². The Labute approximate surface area is 190 Å². The van der Waals surface area contributed by atoms with Crippen molar-refractivity contribution in [2.75, 3.05) is 0 Å². The van der Waals surface area contributed by atoms with Gasteiger partial charge in [0.25, 0.3) is 0 Å². The summed E-state index contributed by atoms with van der Waals surface area (Å²) in [6, 6.07) is 15.0. The summed E-state index contributed by atoms with van der Waals surface area (Å²) in [5.74, 6) is 2.86. The van der Waals surface area contributed by atoms with Crippen molar-refractivity contribution in [2.45, 2.75) is 11.5 Å². The van der Waals surface area contributed by atoms with Gasteiger partial charge in [-0.25, -0.2) is 14.8 Å². The first kappa shape index (κ1) is 20.3. The van der Waals surface area contributed by atoms with Crippen LogP contribution in [0.5, 0.6) is 0 Å². The number of nitrogens with two attached hydrogens (primary N) is 2. The van der Waals surface area contributed by atoms with Crippen LogP contribution in [0.3, 0.4) is 0 Å². The molecule has 2 amide bonds. The molecular weight excluding hydrogens is 444 g/mol. The SMILES string of the molecule is NC1=NC(=O)N=C(N)C1=C(SCc1nc2ccccc2[nH]1)SCc1nc2ccccc2[nH]1. The Hall–Kier alpha value is -3.57. The van der Waals surface area contributed by atoms with E-state index >= 15 is 0 Å². The second-order valence-electron chi connectivity index (χ2n) is 6.92. The maximum absolute atomic E-state index is 11.6. The van der Waals surface area contributed by atoms with Crippen molar-refractivity contribution in [1.82, 2.24) is 19.9 Å². The minimum atomic E-state index is -0.701. The molecule has 32 heavy (non-hydrogen) atoms. The maximum atomic E-state index is 11.6. The maximum Gasteiger partial charge on any atom is 0.370 e. The normalized spacial score (nSPS) is 14.1. The number of amidine groups is 2. The van der Waals surface area contributed by atoms with Crippen LogP contribution in [-0.4, -0.2) is 37.6 Å². The Balaban J connectivity index is 1.42. The Morgan fingerprint density at radius 3 is 1.72 bits per heavy atom. The lowest BCUT2D eigenvalue weighted by atomic mass is 10.2. The van der Waals surface area contributed by atoms with Crippen LogP contribution >= 0.6 is 23.5 Å². The first-order valence-electron chi connectivity index (χ1n) is 9.67. The summed E-state index contributed by atoms with van der Waals surface area (Å²) in [6.45, 7) is 0. The number of fused-ring (bicyclic) bond motifs is 2. The minimum Gasteiger partial charge on any atom is -0.383 e. The third-order valence-corrected chi connectivity index (χ3v) is 7.18. The highest BCUT2D eigenvalue weighted by molar-refractivity contribution is 8.21. The Kier molecular flexibility index (Phi) is 5.41. The van der Waals surface area contributed by atoms with Gasteiger partial charge in [0, 0.05) is 0 Å². The number of hydrogen-bond donors (Lipinski definition) is 4. The molecule has 5 rings (SSSR count). The van der Waals surface area contributed by atoms with Crippen molar-refractivity contribution in [1.29, 1.82) is 0 Å².